The van der Waals surface area contributed by atoms with Crippen molar-refractivity contribution in [2.75, 3.05) is 12.5 Å². The number of benzene rings is 3. The molecule has 10 heteroatoms. The molecule has 1 heterocycles. The monoisotopic (exact) mass is 448 g/mol. The number of esters is 1. The molecule has 0 atom stereocenters. The van der Waals surface area contributed by atoms with Crippen LogP contribution >= 0.6 is 11.3 Å². The van der Waals surface area contributed by atoms with Gasteiger partial charge in [-0.15, -0.1) is 0 Å². The van der Waals surface area contributed by atoms with E-state index in [0.29, 0.717) is 16.4 Å². The lowest BCUT2D eigenvalue weighted by Gasteiger charge is -2.10. The number of hydrogen-bond donors (Lipinski definition) is 1. The van der Waals surface area contributed by atoms with Gasteiger partial charge in [-0.05, 0) is 48.0 Å². The van der Waals surface area contributed by atoms with Gasteiger partial charge in [-0.1, -0.05) is 23.5 Å². The highest BCUT2D eigenvalue weighted by Gasteiger charge is 2.14. The number of rotatable bonds is 7. The Balaban J connectivity index is 1.44. The molecule has 0 amide bonds. The minimum absolute atomic E-state index is 0.109. The van der Waals surface area contributed by atoms with E-state index in [0.717, 1.165) is 10.2 Å². The lowest BCUT2D eigenvalue weighted by Crippen LogP contribution is -2.09. The highest BCUT2D eigenvalue weighted by Crippen LogP contribution is 2.29. The average molecular weight is 448 g/mol. The van der Waals surface area contributed by atoms with Crippen LogP contribution in [0.5, 0.6) is 11.5 Å². The summed E-state index contributed by atoms with van der Waals surface area (Å²) in [7, 11) is 1.46. The first kappa shape index (κ1) is 20.9. The van der Waals surface area contributed by atoms with Gasteiger partial charge in [0.1, 0.15) is 0 Å². The molecular formula is C22H16N4O5S. The first-order valence-electron chi connectivity index (χ1n) is 9.33. The molecule has 1 aromatic heterocycles. The van der Waals surface area contributed by atoms with Crippen LogP contribution in [0.4, 0.5) is 10.8 Å². The van der Waals surface area contributed by atoms with Crippen molar-refractivity contribution in [3.8, 4) is 11.5 Å². The number of nitrogens with one attached hydrogen (secondary N) is 1. The molecule has 0 radical (unpaired) electrons. The molecule has 0 aliphatic rings. The summed E-state index contributed by atoms with van der Waals surface area (Å²) in [6, 6.07) is 17.9. The van der Waals surface area contributed by atoms with Crippen molar-refractivity contribution >= 4 is 44.6 Å². The Morgan fingerprint density at radius 3 is 2.62 bits per heavy atom. The first-order valence-corrected chi connectivity index (χ1v) is 10.1. The van der Waals surface area contributed by atoms with Gasteiger partial charge in [-0.2, -0.15) is 5.10 Å². The van der Waals surface area contributed by atoms with Crippen LogP contribution in [-0.4, -0.2) is 29.2 Å². The third-order valence-electron chi connectivity index (χ3n) is 4.37. The van der Waals surface area contributed by atoms with Crippen LogP contribution in [-0.2, 0) is 0 Å². The van der Waals surface area contributed by atoms with Crippen LogP contribution in [0, 0.1) is 10.1 Å². The van der Waals surface area contributed by atoms with Crippen molar-refractivity contribution in [1.82, 2.24) is 4.98 Å². The fourth-order valence-electron chi connectivity index (χ4n) is 2.81. The molecule has 4 aromatic rings. The molecule has 160 valence electrons. The molecule has 0 aliphatic carbocycles. The van der Waals surface area contributed by atoms with Crippen LogP contribution in [0.15, 0.2) is 71.8 Å². The maximum atomic E-state index is 12.4. The number of anilines is 1. The van der Waals surface area contributed by atoms with E-state index >= 15 is 0 Å². The lowest BCUT2D eigenvalue weighted by molar-refractivity contribution is -0.384. The van der Waals surface area contributed by atoms with Gasteiger partial charge in [-0.25, -0.2) is 9.78 Å². The summed E-state index contributed by atoms with van der Waals surface area (Å²) in [4.78, 5) is 27.0. The fraction of sp³-hybridized carbons (Fsp3) is 0.0455. The number of carbonyl (C=O) groups excluding carboxylic acids is 1. The summed E-state index contributed by atoms with van der Waals surface area (Å²) >= 11 is 1.49. The second-order valence-electron chi connectivity index (χ2n) is 6.46. The van der Waals surface area contributed by atoms with Gasteiger partial charge in [0, 0.05) is 12.1 Å². The van der Waals surface area contributed by atoms with Crippen molar-refractivity contribution in [2.24, 2.45) is 5.10 Å². The average Bonchev–Trinajstić information content (AvgIpc) is 3.22. The van der Waals surface area contributed by atoms with Gasteiger partial charge in [0.2, 0.25) is 5.13 Å². The number of hydrazone groups is 1. The van der Waals surface area contributed by atoms with E-state index in [1.807, 2.05) is 24.3 Å². The Bertz CT molecular complexity index is 1280. The van der Waals surface area contributed by atoms with Crippen molar-refractivity contribution < 1.29 is 19.2 Å². The summed E-state index contributed by atoms with van der Waals surface area (Å²) in [5.41, 5.74) is 4.59. The molecule has 0 spiro atoms. The van der Waals surface area contributed by atoms with Gasteiger partial charge in [0.05, 0.1) is 34.0 Å². The highest BCUT2D eigenvalue weighted by molar-refractivity contribution is 7.22. The van der Waals surface area contributed by atoms with Crippen molar-refractivity contribution in [3.63, 3.8) is 0 Å². The Morgan fingerprint density at radius 1 is 1.12 bits per heavy atom. The number of thiazole rings is 1. The van der Waals surface area contributed by atoms with Gasteiger partial charge >= 0.3 is 5.97 Å². The number of fused-ring (bicyclic) bond motifs is 1. The van der Waals surface area contributed by atoms with E-state index in [4.69, 9.17) is 9.47 Å². The maximum absolute atomic E-state index is 12.4. The third-order valence-corrected chi connectivity index (χ3v) is 5.31. The second kappa shape index (κ2) is 9.23. The fourth-order valence-corrected chi connectivity index (χ4v) is 3.62. The number of hydrogen-bond acceptors (Lipinski definition) is 9. The van der Waals surface area contributed by atoms with Gasteiger partial charge in [-0.3, -0.25) is 15.5 Å². The number of nitro benzene ring substituents is 1. The second-order valence-corrected chi connectivity index (χ2v) is 7.49. The van der Waals surface area contributed by atoms with Crippen LogP contribution in [0.1, 0.15) is 15.9 Å². The molecule has 9 nitrogen and oxygen atoms in total. The highest BCUT2D eigenvalue weighted by atomic mass is 32.1. The van der Waals surface area contributed by atoms with E-state index in [9.17, 15) is 14.9 Å². The lowest BCUT2D eigenvalue weighted by atomic mass is 10.2. The SMILES string of the molecule is COc1cc(C=NNc2nc3ccccc3s2)ccc1OC(=O)c1ccc([N+](=O)[O-])cc1. The summed E-state index contributed by atoms with van der Waals surface area (Å²) in [6.45, 7) is 0. The van der Waals surface area contributed by atoms with E-state index in [-0.39, 0.29) is 17.0 Å². The smallest absolute Gasteiger partial charge is 0.343 e. The Hall–Kier alpha value is -4.31. The van der Waals surface area contributed by atoms with Crippen LogP contribution in [0.25, 0.3) is 10.2 Å². The number of ether oxygens (including phenoxy) is 2. The van der Waals surface area contributed by atoms with Gasteiger partial charge < -0.3 is 9.47 Å². The molecule has 1 N–H and O–H groups in total. The third kappa shape index (κ3) is 4.71. The molecule has 0 saturated heterocycles. The van der Waals surface area contributed by atoms with Crippen molar-refractivity contribution in [3.05, 3.63) is 88.0 Å². The van der Waals surface area contributed by atoms with Crippen molar-refractivity contribution in [2.45, 2.75) is 0 Å². The number of non-ortho nitro benzene ring substituents is 1. The summed E-state index contributed by atoms with van der Waals surface area (Å²) < 4.78 is 11.8. The zero-order valence-corrected chi connectivity index (χ0v) is 17.5. The molecule has 0 unspecified atom stereocenters. The molecule has 0 bridgehead atoms. The van der Waals surface area contributed by atoms with E-state index in [1.165, 1.54) is 42.7 Å². The van der Waals surface area contributed by atoms with Crippen LogP contribution < -0.4 is 14.9 Å². The number of nitro groups is 1. The van der Waals surface area contributed by atoms with Crippen molar-refractivity contribution in [1.29, 1.82) is 0 Å². The van der Waals surface area contributed by atoms with Crippen LogP contribution in [0.2, 0.25) is 0 Å². The predicted octanol–water partition coefficient (Wildman–Crippen LogP) is 4.88. The normalized spacial score (nSPS) is 10.9. The Morgan fingerprint density at radius 2 is 1.91 bits per heavy atom. The molecule has 3 aromatic carbocycles. The molecule has 4 rings (SSSR count). The van der Waals surface area contributed by atoms with E-state index in [2.05, 4.69) is 15.5 Å². The zero-order valence-electron chi connectivity index (χ0n) is 16.7. The minimum Gasteiger partial charge on any atom is -0.493 e. The standard InChI is InChI=1S/C22H16N4O5S/c1-30-19-12-14(13-23-25-22-24-17-4-2-3-5-20(17)32-22)6-11-18(19)31-21(27)15-7-9-16(10-8-15)26(28)29/h2-13H,1H3,(H,24,25). The maximum Gasteiger partial charge on any atom is 0.343 e. The molecule has 0 fully saturated rings. The Labute approximate surface area is 186 Å². The minimum atomic E-state index is -0.655. The molecule has 32 heavy (non-hydrogen) atoms. The first-order chi connectivity index (χ1) is 15.5. The summed E-state index contributed by atoms with van der Waals surface area (Å²) in [5.74, 6) is -0.103. The van der Waals surface area contributed by atoms with Gasteiger partial charge in [0.25, 0.3) is 5.69 Å². The summed E-state index contributed by atoms with van der Waals surface area (Å²) in [6.07, 6.45) is 1.59. The molecular weight excluding hydrogens is 432 g/mol. The Kier molecular flexibility index (Phi) is 6.04. The summed E-state index contributed by atoms with van der Waals surface area (Å²) in [5, 5.41) is 15.6. The molecule has 0 aliphatic heterocycles. The quantitative estimate of drug-likeness (QED) is 0.141. The molecule has 0 saturated carbocycles. The number of aromatic nitrogens is 1. The van der Waals surface area contributed by atoms with Crippen LogP contribution in [0.3, 0.4) is 0 Å². The number of para-hydroxylation sites is 1. The predicted molar refractivity (Wildman–Crippen MR) is 122 cm³/mol. The number of carbonyl (C=O) groups is 1. The largest absolute Gasteiger partial charge is 0.493 e. The number of nitrogens with zero attached hydrogens (tertiary/aromatic N) is 3. The van der Waals surface area contributed by atoms with Gasteiger partial charge in [0.15, 0.2) is 11.5 Å². The van der Waals surface area contributed by atoms with E-state index < -0.39 is 10.9 Å². The topological polar surface area (TPSA) is 116 Å². The zero-order chi connectivity index (χ0) is 22.5. The number of methoxy groups -OCH3 is 1. The van der Waals surface area contributed by atoms with E-state index in [1.54, 1.807) is 24.4 Å².